The summed E-state index contributed by atoms with van der Waals surface area (Å²) in [5, 5.41) is 5.40. The standard InChI is InChI=1S/C21H24F3N3O2/c1-4-15-7-5-6-8-18(15)26-19(28)13-27(3)14(2)20(29)25-17-11-9-16(10-12-17)21(22,23)24/h5-12,14H,4,13H2,1-3H3,(H,25,29)(H,26,28). The van der Waals surface area contributed by atoms with E-state index in [2.05, 4.69) is 10.6 Å². The van der Waals surface area contributed by atoms with Gasteiger partial charge in [-0.2, -0.15) is 13.2 Å². The minimum Gasteiger partial charge on any atom is -0.325 e. The first-order valence-electron chi connectivity index (χ1n) is 9.18. The Morgan fingerprint density at radius 3 is 2.24 bits per heavy atom. The molecule has 0 bridgehead atoms. The molecular formula is C21H24F3N3O2. The molecular weight excluding hydrogens is 383 g/mol. The zero-order chi connectivity index (χ0) is 21.6. The number of likely N-dealkylation sites (N-methyl/N-ethyl adjacent to an activating group) is 1. The van der Waals surface area contributed by atoms with Gasteiger partial charge in [0.05, 0.1) is 18.2 Å². The molecule has 1 atom stereocenters. The summed E-state index contributed by atoms with van der Waals surface area (Å²) in [5.74, 6) is -0.684. The Hall–Kier alpha value is -2.87. The number of nitrogens with one attached hydrogen (secondary N) is 2. The Balaban J connectivity index is 1.92. The number of nitrogens with zero attached hydrogens (tertiary/aromatic N) is 1. The fraction of sp³-hybridized carbons (Fsp3) is 0.333. The second-order valence-corrected chi connectivity index (χ2v) is 6.71. The largest absolute Gasteiger partial charge is 0.416 e. The number of halogens is 3. The highest BCUT2D eigenvalue weighted by Gasteiger charge is 2.30. The Bertz CT molecular complexity index is 851. The van der Waals surface area contributed by atoms with Gasteiger partial charge in [0.1, 0.15) is 0 Å². The van der Waals surface area contributed by atoms with Crippen molar-refractivity contribution in [3.63, 3.8) is 0 Å². The van der Waals surface area contributed by atoms with E-state index in [0.717, 1.165) is 29.8 Å². The fourth-order valence-corrected chi connectivity index (χ4v) is 2.69. The summed E-state index contributed by atoms with van der Waals surface area (Å²) in [6, 6.07) is 11.0. The van der Waals surface area contributed by atoms with Crippen LogP contribution in [0.3, 0.4) is 0 Å². The van der Waals surface area contributed by atoms with Gasteiger partial charge in [-0.15, -0.1) is 0 Å². The number of benzene rings is 2. The lowest BCUT2D eigenvalue weighted by atomic mass is 10.1. The number of hydrogen-bond donors (Lipinski definition) is 2. The number of hydrogen-bond acceptors (Lipinski definition) is 3. The summed E-state index contributed by atoms with van der Waals surface area (Å²) in [4.78, 5) is 26.2. The number of anilines is 2. The summed E-state index contributed by atoms with van der Waals surface area (Å²) >= 11 is 0. The van der Waals surface area contributed by atoms with Crippen molar-refractivity contribution in [2.75, 3.05) is 24.2 Å². The first-order chi connectivity index (χ1) is 13.6. The maximum atomic E-state index is 12.6. The lowest BCUT2D eigenvalue weighted by Gasteiger charge is -2.23. The molecule has 0 heterocycles. The van der Waals surface area contributed by atoms with Gasteiger partial charge in [-0.3, -0.25) is 14.5 Å². The van der Waals surface area contributed by atoms with Gasteiger partial charge >= 0.3 is 6.18 Å². The average Bonchev–Trinajstić information content (AvgIpc) is 2.67. The van der Waals surface area contributed by atoms with Crippen LogP contribution in [0.15, 0.2) is 48.5 Å². The van der Waals surface area contributed by atoms with Gasteiger partial charge in [-0.1, -0.05) is 25.1 Å². The second-order valence-electron chi connectivity index (χ2n) is 6.71. The molecule has 0 aliphatic heterocycles. The average molecular weight is 407 g/mol. The third kappa shape index (κ3) is 6.32. The molecule has 156 valence electrons. The lowest BCUT2D eigenvalue weighted by Crippen LogP contribution is -2.43. The minimum absolute atomic E-state index is 0.0142. The third-order valence-electron chi connectivity index (χ3n) is 4.59. The number of carbonyl (C=O) groups is 2. The number of carbonyl (C=O) groups excluding carboxylic acids is 2. The lowest BCUT2D eigenvalue weighted by molar-refractivity contribution is -0.137. The van der Waals surface area contributed by atoms with Gasteiger partial charge in [0, 0.05) is 11.4 Å². The SMILES string of the molecule is CCc1ccccc1NC(=O)CN(C)C(C)C(=O)Nc1ccc(C(F)(F)F)cc1. The highest BCUT2D eigenvalue weighted by Crippen LogP contribution is 2.29. The molecule has 2 aromatic carbocycles. The van der Waals surface area contributed by atoms with Crippen LogP contribution in [0.25, 0.3) is 0 Å². The van der Waals surface area contributed by atoms with Gasteiger partial charge in [0.2, 0.25) is 11.8 Å². The number of amides is 2. The molecule has 2 aromatic rings. The first kappa shape index (κ1) is 22.4. The second kappa shape index (κ2) is 9.56. The van der Waals surface area contributed by atoms with Crippen molar-refractivity contribution in [1.29, 1.82) is 0 Å². The van der Waals surface area contributed by atoms with E-state index in [0.29, 0.717) is 0 Å². The normalized spacial score (nSPS) is 12.5. The summed E-state index contributed by atoms with van der Waals surface area (Å²) in [5.41, 5.74) is 1.21. The van der Waals surface area contributed by atoms with E-state index in [1.165, 1.54) is 12.1 Å². The molecule has 2 N–H and O–H groups in total. The van der Waals surface area contributed by atoms with Gasteiger partial charge in [-0.25, -0.2) is 0 Å². The summed E-state index contributed by atoms with van der Waals surface area (Å²) < 4.78 is 37.8. The maximum absolute atomic E-state index is 12.6. The van der Waals surface area contributed by atoms with Crippen molar-refractivity contribution in [3.8, 4) is 0 Å². The van der Waals surface area contributed by atoms with E-state index in [9.17, 15) is 22.8 Å². The van der Waals surface area contributed by atoms with E-state index >= 15 is 0 Å². The monoisotopic (exact) mass is 407 g/mol. The van der Waals surface area contributed by atoms with Gasteiger partial charge in [0.15, 0.2) is 0 Å². The number of aryl methyl sites for hydroxylation is 1. The molecule has 0 aromatic heterocycles. The molecule has 0 aliphatic rings. The zero-order valence-corrected chi connectivity index (χ0v) is 16.5. The predicted octanol–water partition coefficient (Wildman–Crippen LogP) is 4.17. The molecule has 0 saturated carbocycles. The fourth-order valence-electron chi connectivity index (χ4n) is 2.69. The number of rotatable bonds is 7. The predicted molar refractivity (Wildman–Crippen MR) is 107 cm³/mol. The van der Waals surface area contributed by atoms with Crippen LogP contribution < -0.4 is 10.6 Å². The Kier molecular flexibility index (Phi) is 7.39. The van der Waals surface area contributed by atoms with Crippen LogP contribution in [-0.4, -0.2) is 36.3 Å². The number of para-hydroxylation sites is 1. The van der Waals surface area contributed by atoms with Crippen molar-refractivity contribution in [3.05, 3.63) is 59.7 Å². The van der Waals surface area contributed by atoms with Crippen LogP contribution >= 0.6 is 0 Å². The molecule has 0 spiro atoms. The summed E-state index contributed by atoms with van der Waals surface area (Å²) in [7, 11) is 1.63. The highest BCUT2D eigenvalue weighted by atomic mass is 19.4. The van der Waals surface area contributed by atoms with Gasteiger partial charge < -0.3 is 10.6 Å². The van der Waals surface area contributed by atoms with E-state index < -0.39 is 23.7 Å². The van der Waals surface area contributed by atoms with E-state index in [1.54, 1.807) is 18.9 Å². The van der Waals surface area contributed by atoms with Crippen LogP contribution in [0.4, 0.5) is 24.5 Å². The van der Waals surface area contributed by atoms with Crippen LogP contribution in [0.2, 0.25) is 0 Å². The van der Waals surface area contributed by atoms with Crippen LogP contribution in [0, 0.1) is 0 Å². The van der Waals surface area contributed by atoms with Crippen LogP contribution in [-0.2, 0) is 22.2 Å². The molecule has 8 heteroatoms. The minimum atomic E-state index is -4.43. The van der Waals surface area contributed by atoms with Crippen LogP contribution in [0.1, 0.15) is 25.0 Å². The first-order valence-corrected chi connectivity index (χ1v) is 9.18. The summed E-state index contributed by atoms with van der Waals surface area (Å²) in [6.07, 6.45) is -3.65. The van der Waals surface area contributed by atoms with Crippen molar-refractivity contribution in [2.24, 2.45) is 0 Å². The molecule has 0 aliphatic carbocycles. The van der Waals surface area contributed by atoms with Crippen LogP contribution in [0.5, 0.6) is 0 Å². The van der Waals surface area contributed by atoms with Gasteiger partial charge in [0.25, 0.3) is 0 Å². The third-order valence-corrected chi connectivity index (χ3v) is 4.59. The molecule has 1 unspecified atom stereocenters. The van der Waals surface area contributed by atoms with Crippen molar-refractivity contribution < 1.29 is 22.8 Å². The maximum Gasteiger partial charge on any atom is 0.416 e. The Morgan fingerprint density at radius 1 is 1.03 bits per heavy atom. The topological polar surface area (TPSA) is 61.4 Å². The van der Waals surface area contributed by atoms with Gasteiger partial charge in [-0.05, 0) is 56.3 Å². The quantitative estimate of drug-likeness (QED) is 0.724. The van der Waals surface area contributed by atoms with Crippen molar-refractivity contribution >= 4 is 23.2 Å². The molecule has 29 heavy (non-hydrogen) atoms. The Labute approximate surface area is 167 Å². The van der Waals surface area contributed by atoms with Crippen molar-refractivity contribution in [1.82, 2.24) is 4.90 Å². The molecule has 0 fully saturated rings. The zero-order valence-electron chi connectivity index (χ0n) is 16.5. The van der Waals surface area contributed by atoms with E-state index in [1.807, 2.05) is 31.2 Å². The van der Waals surface area contributed by atoms with Crippen molar-refractivity contribution in [2.45, 2.75) is 32.5 Å². The molecule has 5 nitrogen and oxygen atoms in total. The molecule has 2 amide bonds. The molecule has 0 radical (unpaired) electrons. The highest BCUT2D eigenvalue weighted by molar-refractivity contribution is 5.96. The number of alkyl halides is 3. The molecule has 0 saturated heterocycles. The Morgan fingerprint density at radius 2 is 1.66 bits per heavy atom. The smallest absolute Gasteiger partial charge is 0.325 e. The molecule has 2 rings (SSSR count). The van der Waals surface area contributed by atoms with E-state index in [4.69, 9.17) is 0 Å². The summed E-state index contributed by atoms with van der Waals surface area (Å²) in [6.45, 7) is 3.59. The van der Waals surface area contributed by atoms with E-state index in [-0.39, 0.29) is 18.1 Å².